The minimum atomic E-state index is -0.431. The van der Waals surface area contributed by atoms with E-state index < -0.39 is 4.92 Å². The van der Waals surface area contributed by atoms with Crippen LogP contribution in [0.3, 0.4) is 0 Å². The Morgan fingerprint density at radius 1 is 1.30 bits per heavy atom. The second-order valence-electron chi connectivity index (χ2n) is 4.37. The first-order valence-electron chi connectivity index (χ1n) is 5.87. The van der Waals surface area contributed by atoms with Crippen LogP contribution in [0.1, 0.15) is 5.56 Å². The topological polar surface area (TPSA) is 69.2 Å². The predicted octanol–water partition coefficient (Wildman–Crippen LogP) is 4.47. The molecule has 1 aromatic heterocycles. The second-order valence-corrected chi connectivity index (χ2v) is 5.22. The molecule has 6 heteroatoms. The molecule has 0 atom stereocenters. The van der Waals surface area contributed by atoms with Gasteiger partial charge in [0.2, 0.25) is 5.89 Å². The Kier molecular flexibility index (Phi) is 3.02. The lowest BCUT2D eigenvalue weighted by Crippen LogP contribution is -1.88. The molecule has 2 aromatic carbocycles. The molecule has 0 unspecified atom stereocenters. The van der Waals surface area contributed by atoms with Crippen molar-refractivity contribution in [1.29, 1.82) is 0 Å². The molecule has 0 saturated heterocycles. The Morgan fingerprint density at radius 2 is 2.05 bits per heavy atom. The Labute approximate surface area is 122 Å². The molecule has 0 N–H and O–H groups in total. The molecule has 0 amide bonds. The number of aromatic nitrogens is 1. The van der Waals surface area contributed by atoms with Crippen molar-refractivity contribution < 1.29 is 9.34 Å². The van der Waals surface area contributed by atoms with Crippen molar-refractivity contribution in [3.05, 3.63) is 56.5 Å². The summed E-state index contributed by atoms with van der Waals surface area (Å²) in [5.41, 5.74) is 2.58. The van der Waals surface area contributed by atoms with Crippen molar-refractivity contribution in [2.24, 2.45) is 0 Å². The van der Waals surface area contributed by atoms with Crippen LogP contribution in [0.2, 0.25) is 0 Å². The number of non-ortho nitro benzene ring substituents is 1. The van der Waals surface area contributed by atoms with E-state index in [-0.39, 0.29) is 5.69 Å². The van der Waals surface area contributed by atoms with Gasteiger partial charge in [0.05, 0.1) is 10.5 Å². The molecular weight excluding hydrogens is 324 g/mol. The number of nitro groups is 1. The highest BCUT2D eigenvalue weighted by molar-refractivity contribution is 9.10. The van der Waals surface area contributed by atoms with Gasteiger partial charge in [-0.3, -0.25) is 10.1 Å². The maximum absolute atomic E-state index is 10.9. The fraction of sp³-hybridized carbons (Fsp3) is 0.0714. The molecule has 0 saturated carbocycles. The van der Waals surface area contributed by atoms with Crippen LogP contribution in [0.5, 0.6) is 0 Å². The molecule has 1 heterocycles. The van der Waals surface area contributed by atoms with Crippen LogP contribution in [0.4, 0.5) is 5.69 Å². The van der Waals surface area contributed by atoms with Gasteiger partial charge >= 0.3 is 0 Å². The minimum absolute atomic E-state index is 0.0157. The molecule has 100 valence electrons. The van der Waals surface area contributed by atoms with Gasteiger partial charge in [0.15, 0.2) is 5.58 Å². The summed E-state index contributed by atoms with van der Waals surface area (Å²) >= 11 is 3.44. The average molecular weight is 333 g/mol. The lowest BCUT2D eigenvalue weighted by atomic mass is 10.2. The number of benzene rings is 2. The average Bonchev–Trinajstić information content (AvgIpc) is 2.83. The number of aryl methyl sites for hydroxylation is 1. The fourth-order valence-electron chi connectivity index (χ4n) is 2.04. The zero-order chi connectivity index (χ0) is 14.3. The third-order valence-corrected chi connectivity index (χ3v) is 3.67. The standard InChI is InChI=1S/C14H9BrN2O3/c1-8-6-9(17(18)19)7-12-13(8)20-14(16-12)10-4-2-3-5-11(10)15/h2-7H,1H3. The van der Waals surface area contributed by atoms with Gasteiger partial charge in [0.25, 0.3) is 5.69 Å². The van der Waals surface area contributed by atoms with Gasteiger partial charge in [-0.25, -0.2) is 4.98 Å². The largest absolute Gasteiger partial charge is 0.436 e. The number of hydrogen-bond donors (Lipinski definition) is 0. The van der Waals surface area contributed by atoms with Crippen molar-refractivity contribution in [3.63, 3.8) is 0 Å². The first kappa shape index (κ1) is 12.8. The van der Waals surface area contributed by atoms with Crippen LogP contribution in [0.15, 0.2) is 45.3 Å². The van der Waals surface area contributed by atoms with E-state index in [1.54, 1.807) is 6.92 Å². The maximum Gasteiger partial charge on any atom is 0.272 e. The third-order valence-electron chi connectivity index (χ3n) is 2.98. The van der Waals surface area contributed by atoms with E-state index in [4.69, 9.17) is 4.42 Å². The van der Waals surface area contributed by atoms with Crippen LogP contribution < -0.4 is 0 Å². The Bertz CT molecular complexity index is 826. The number of oxazole rings is 1. The van der Waals surface area contributed by atoms with Gasteiger partial charge in [-0.15, -0.1) is 0 Å². The normalized spacial score (nSPS) is 10.9. The van der Waals surface area contributed by atoms with Gasteiger partial charge in [0, 0.05) is 22.2 Å². The highest BCUT2D eigenvalue weighted by atomic mass is 79.9. The van der Waals surface area contributed by atoms with Gasteiger partial charge in [0.1, 0.15) is 5.52 Å². The lowest BCUT2D eigenvalue weighted by Gasteiger charge is -1.97. The molecule has 3 aromatic rings. The quantitative estimate of drug-likeness (QED) is 0.512. The molecule has 0 aliphatic rings. The SMILES string of the molecule is Cc1cc([N+](=O)[O-])cc2nc(-c3ccccc3Br)oc12. The number of fused-ring (bicyclic) bond motifs is 1. The van der Waals surface area contributed by atoms with Crippen molar-refractivity contribution >= 4 is 32.7 Å². The van der Waals surface area contributed by atoms with Crippen LogP contribution >= 0.6 is 15.9 Å². The Morgan fingerprint density at radius 3 is 2.75 bits per heavy atom. The highest BCUT2D eigenvalue weighted by Crippen LogP contribution is 2.32. The van der Waals surface area contributed by atoms with Gasteiger partial charge in [-0.1, -0.05) is 12.1 Å². The van der Waals surface area contributed by atoms with Crippen LogP contribution in [0.25, 0.3) is 22.6 Å². The van der Waals surface area contributed by atoms with Crippen LogP contribution in [-0.4, -0.2) is 9.91 Å². The molecule has 0 fully saturated rings. The lowest BCUT2D eigenvalue weighted by molar-refractivity contribution is -0.384. The predicted molar refractivity (Wildman–Crippen MR) is 78.5 cm³/mol. The molecule has 0 spiro atoms. The van der Waals surface area contributed by atoms with Gasteiger partial charge in [-0.2, -0.15) is 0 Å². The molecule has 20 heavy (non-hydrogen) atoms. The summed E-state index contributed by atoms with van der Waals surface area (Å²) in [5, 5.41) is 10.9. The summed E-state index contributed by atoms with van der Waals surface area (Å²) in [6, 6.07) is 10.4. The number of rotatable bonds is 2. The zero-order valence-corrected chi connectivity index (χ0v) is 12.0. The van der Waals surface area contributed by atoms with E-state index in [0.717, 1.165) is 10.0 Å². The molecule has 0 radical (unpaired) electrons. The smallest absolute Gasteiger partial charge is 0.272 e. The Balaban J connectivity index is 2.23. The number of halogens is 1. The Hall–Kier alpha value is -2.21. The second kappa shape index (κ2) is 4.72. The monoisotopic (exact) mass is 332 g/mol. The van der Waals surface area contributed by atoms with Gasteiger partial charge < -0.3 is 4.42 Å². The van der Waals surface area contributed by atoms with E-state index in [1.165, 1.54) is 12.1 Å². The first-order chi connectivity index (χ1) is 9.56. The fourth-order valence-corrected chi connectivity index (χ4v) is 2.49. The van der Waals surface area contributed by atoms with Crippen molar-refractivity contribution in [2.75, 3.05) is 0 Å². The maximum atomic E-state index is 10.9. The number of nitrogens with zero attached hydrogens (tertiary/aromatic N) is 2. The third kappa shape index (κ3) is 2.08. The zero-order valence-electron chi connectivity index (χ0n) is 10.5. The minimum Gasteiger partial charge on any atom is -0.436 e. The van der Waals surface area contributed by atoms with E-state index in [2.05, 4.69) is 20.9 Å². The summed E-state index contributed by atoms with van der Waals surface area (Å²) in [7, 11) is 0. The first-order valence-corrected chi connectivity index (χ1v) is 6.66. The van der Waals surface area contributed by atoms with E-state index in [0.29, 0.717) is 22.6 Å². The molecular formula is C14H9BrN2O3. The van der Waals surface area contributed by atoms with E-state index >= 15 is 0 Å². The summed E-state index contributed by atoms with van der Waals surface area (Å²) in [6.07, 6.45) is 0. The van der Waals surface area contributed by atoms with Crippen molar-refractivity contribution in [1.82, 2.24) is 4.98 Å². The van der Waals surface area contributed by atoms with Crippen LogP contribution in [0, 0.1) is 17.0 Å². The molecule has 3 rings (SSSR count). The van der Waals surface area contributed by atoms with Crippen molar-refractivity contribution in [2.45, 2.75) is 6.92 Å². The van der Waals surface area contributed by atoms with E-state index in [1.807, 2.05) is 24.3 Å². The molecule has 0 aliphatic carbocycles. The summed E-state index contributed by atoms with van der Waals surface area (Å²) in [5.74, 6) is 0.441. The van der Waals surface area contributed by atoms with E-state index in [9.17, 15) is 10.1 Å². The highest BCUT2D eigenvalue weighted by Gasteiger charge is 2.16. The van der Waals surface area contributed by atoms with Gasteiger partial charge in [-0.05, 0) is 35.0 Å². The summed E-state index contributed by atoms with van der Waals surface area (Å²) in [4.78, 5) is 14.8. The molecule has 0 bridgehead atoms. The molecule has 0 aliphatic heterocycles. The van der Waals surface area contributed by atoms with Crippen molar-refractivity contribution in [3.8, 4) is 11.5 Å². The molecule has 5 nitrogen and oxygen atoms in total. The summed E-state index contributed by atoms with van der Waals surface area (Å²) < 4.78 is 6.60. The summed E-state index contributed by atoms with van der Waals surface area (Å²) in [6.45, 7) is 1.77. The van der Waals surface area contributed by atoms with Crippen LogP contribution in [-0.2, 0) is 0 Å². The number of nitro benzene ring substituents is 1. The number of hydrogen-bond acceptors (Lipinski definition) is 4.